The molecule has 0 aliphatic rings. The molecule has 0 saturated heterocycles. The van der Waals surface area contributed by atoms with Crippen LogP contribution in [-0.4, -0.2) is 59.3 Å². The summed E-state index contributed by atoms with van der Waals surface area (Å²) >= 11 is 0. The molecule has 0 saturated carbocycles. The van der Waals surface area contributed by atoms with Gasteiger partial charge in [-0.3, -0.25) is 14.5 Å². The average molecular weight is 597 g/mol. The smallest absolute Gasteiger partial charge is 0.366 e. The van der Waals surface area contributed by atoms with E-state index in [1.54, 1.807) is 6.92 Å². The highest BCUT2D eigenvalue weighted by Gasteiger charge is 2.25. The van der Waals surface area contributed by atoms with Gasteiger partial charge in [0.2, 0.25) is 11.8 Å². The second-order valence-corrected chi connectivity index (χ2v) is 11.2. The highest BCUT2D eigenvalue weighted by Crippen LogP contribution is 2.13. The van der Waals surface area contributed by atoms with Crippen LogP contribution in [0, 0.1) is 0 Å². The lowest BCUT2D eigenvalue weighted by Gasteiger charge is -2.16. The number of carbonyl (C=O) groups is 4. The predicted octanol–water partition coefficient (Wildman–Crippen LogP) is 5.68. The Morgan fingerprint density at radius 2 is 1.31 bits per heavy atom. The zero-order chi connectivity index (χ0) is 31.6. The number of aliphatic hydroxyl groups excluding tert-OH is 1. The normalized spacial score (nSPS) is 12.7. The zero-order valence-electron chi connectivity index (χ0n) is 26.4. The Labute approximate surface area is 252 Å². The van der Waals surface area contributed by atoms with E-state index >= 15 is 0 Å². The Morgan fingerprint density at radius 1 is 0.762 bits per heavy atom. The Morgan fingerprint density at radius 3 is 1.81 bits per heavy atom. The van der Waals surface area contributed by atoms with Crippen molar-refractivity contribution in [3.63, 3.8) is 0 Å². The van der Waals surface area contributed by atoms with Crippen molar-refractivity contribution in [3.05, 3.63) is 23.3 Å². The van der Waals surface area contributed by atoms with Crippen molar-refractivity contribution in [3.8, 4) is 0 Å². The third-order valence-electron chi connectivity index (χ3n) is 6.77. The number of hydrogen-bond acceptors (Lipinski definition) is 7. The van der Waals surface area contributed by atoms with Crippen LogP contribution in [0.1, 0.15) is 130 Å². The minimum atomic E-state index is -1.47. The lowest BCUT2D eigenvalue weighted by atomic mass is 10.0. The van der Waals surface area contributed by atoms with E-state index in [4.69, 9.17) is 4.89 Å². The van der Waals surface area contributed by atoms with E-state index in [2.05, 4.69) is 22.4 Å². The number of unbranched alkanes of at least 4 members (excludes halogenated alkanes) is 12. The van der Waals surface area contributed by atoms with Gasteiger partial charge in [-0.15, -0.1) is 0 Å². The first kappa shape index (κ1) is 39.3. The molecule has 42 heavy (non-hydrogen) atoms. The Hall–Kier alpha value is -2.72. The van der Waals surface area contributed by atoms with Gasteiger partial charge in [0.25, 0.3) is 0 Å². The van der Waals surface area contributed by atoms with Crippen LogP contribution < -0.4 is 10.6 Å². The quantitative estimate of drug-likeness (QED) is 0.0327. The summed E-state index contributed by atoms with van der Waals surface area (Å²) in [7, 11) is 0. The Balaban J connectivity index is 4.19. The summed E-state index contributed by atoms with van der Waals surface area (Å²) in [6.45, 7) is 6.61. The molecular formula is C32H56N2O8. The van der Waals surface area contributed by atoms with E-state index in [9.17, 15) is 29.4 Å². The van der Waals surface area contributed by atoms with Gasteiger partial charge < -0.3 is 20.8 Å². The van der Waals surface area contributed by atoms with Crippen LogP contribution in [-0.2, 0) is 29.0 Å². The van der Waals surface area contributed by atoms with E-state index in [0.29, 0.717) is 12.8 Å². The summed E-state index contributed by atoms with van der Waals surface area (Å²) in [5.41, 5.74) is 1.95. The molecular weight excluding hydrogens is 540 g/mol. The summed E-state index contributed by atoms with van der Waals surface area (Å²) in [6, 6.07) is -2.81. The molecule has 0 radical (unpaired) electrons. The highest BCUT2D eigenvalue weighted by atomic mass is 17.2. The molecule has 0 aliphatic carbocycles. The number of hydrogen-bond donors (Lipinski definition) is 4. The zero-order valence-corrected chi connectivity index (χ0v) is 26.4. The molecule has 242 valence electrons. The monoisotopic (exact) mass is 596 g/mol. The minimum absolute atomic E-state index is 0.219. The SMILES string of the molecule is CCCCCCCCCCCCCCCC(=O)NC(CO)C(=O)OOCC(NC(=O)C=C(C)CCC=C(C)C)C(=O)O. The fraction of sp³-hybridized carbons (Fsp3) is 0.750. The molecule has 0 rings (SSSR count). The number of carboxylic acids is 1. The largest absolute Gasteiger partial charge is 0.480 e. The Bertz CT molecular complexity index is 836. The lowest BCUT2D eigenvalue weighted by molar-refractivity contribution is -0.277. The molecule has 0 spiro atoms. The van der Waals surface area contributed by atoms with Crippen molar-refractivity contribution >= 4 is 23.8 Å². The van der Waals surface area contributed by atoms with Crippen molar-refractivity contribution in [1.82, 2.24) is 10.6 Å². The number of nitrogens with one attached hydrogen (secondary N) is 2. The van der Waals surface area contributed by atoms with Crippen molar-refractivity contribution in [2.45, 2.75) is 143 Å². The van der Waals surface area contributed by atoms with E-state index < -0.39 is 49.1 Å². The highest BCUT2D eigenvalue weighted by molar-refractivity contribution is 5.91. The second-order valence-electron chi connectivity index (χ2n) is 11.2. The fourth-order valence-corrected chi connectivity index (χ4v) is 4.24. The molecule has 2 amide bonds. The number of aliphatic hydroxyl groups is 1. The number of rotatable bonds is 26. The van der Waals surface area contributed by atoms with Gasteiger partial charge in [-0.1, -0.05) is 101 Å². The van der Waals surface area contributed by atoms with Crippen molar-refractivity contribution in [2.24, 2.45) is 0 Å². The fourth-order valence-electron chi connectivity index (χ4n) is 4.24. The molecule has 2 atom stereocenters. The van der Waals surface area contributed by atoms with Crippen LogP contribution in [0.5, 0.6) is 0 Å². The van der Waals surface area contributed by atoms with Crippen molar-refractivity contribution in [1.29, 1.82) is 0 Å². The number of carbonyl (C=O) groups excluding carboxylic acids is 3. The molecule has 0 aromatic carbocycles. The van der Waals surface area contributed by atoms with Crippen LogP contribution in [0.15, 0.2) is 23.3 Å². The van der Waals surface area contributed by atoms with Crippen LogP contribution >= 0.6 is 0 Å². The third-order valence-corrected chi connectivity index (χ3v) is 6.77. The molecule has 10 heteroatoms. The van der Waals surface area contributed by atoms with Gasteiger partial charge in [0, 0.05) is 12.5 Å². The maximum Gasteiger partial charge on any atom is 0.366 e. The van der Waals surface area contributed by atoms with Crippen LogP contribution in [0.3, 0.4) is 0 Å². The number of aliphatic carboxylic acids is 1. The van der Waals surface area contributed by atoms with E-state index in [0.717, 1.165) is 31.3 Å². The van der Waals surface area contributed by atoms with Gasteiger partial charge in [0.05, 0.1) is 6.61 Å². The standard InChI is InChI=1S/C32H56N2O8/c1-5-6-7-8-9-10-11-12-13-14-15-16-17-21-29(36)33-27(23-35)32(40)42-41-24-28(31(38)39)34-30(37)22-26(4)20-18-19-25(2)3/h19,22,27-28,35H,5-18,20-21,23-24H2,1-4H3,(H,33,36)(H,34,37)(H,38,39). The average Bonchev–Trinajstić information content (AvgIpc) is 2.93. The summed E-state index contributed by atoms with van der Waals surface area (Å²) in [5, 5.41) is 23.5. The second kappa shape index (κ2) is 25.9. The number of carboxylic acid groups (broad SMARTS) is 1. The van der Waals surface area contributed by atoms with Gasteiger partial charge >= 0.3 is 11.9 Å². The van der Waals surface area contributed by atoms with Gasteiger partial charge in [0.15, 0.2) is 12.1 Å². The maximum atomic E-state index is 12.2. The topological polar surface area (TPSA) is 151 Å². The van der Waals surface area contributed by atoms with Gasteiger partial charge in [-0.05, 0) is 40.0 Å². The van der Waals surface area contributed by atoms with E-state index in [1.165, 1.54) is 69.4 Å². The molecule has 0 heterocycles. The van der Waals surface area contributed by atoms with Gasteiger partial charge in [-0.2, -0.15) is 4.89 Å². The first-order valence-electron chi connectivity index (χ1n) is 15.7. The molecule has 0 fully saturated rings. The van der Waals surface area contributed by atoms with E-state index in [1.807, 2.05) is 19.9 Å². The van der Waals surface area contributed by atoms with Crippen LogP contribution in [0.2, 0.25) is 0 Å². The van der Waals surface area contributed by atoms with Crippen molar-refractivity contribution in [2.75, 3.05) is 13.2 Å². The molecule has 0 aliphatic heterocycles. The molecule has 4 N–H and O–H groups in total. The number of amides is 2. The first-order chi connectivity index (χ1) is 20.1. The van der Waals surface area contributed by atoms with Gasteiger partial charge in [-0.25, -0.2) is 9.59 Å². The lowest BCUT2D eigenvalue weighted by Crippen LogP contribution is -2.46. The summed E-state index contributed by atoms with van der Waals surface area (Å²) in [5.74, 6) is -3.45. The molecule has 10 nitrogen and oxygen atoms in total. The van der Waals surface area contributed by atoms with E-state index in [-0.39, 0.29) is 6.42 Å². The molecule has 0 aromatic rings. The summed E-state index contributed by atoms with van der Waals surface area (Å²) < 4.78 is 0. The summed E-state index contributed by atoms with van der Waals surface area (Å²) in [4.78, 5) is 57.3. The number of allylic oxidation sites excluding steroid dienone is 3. The summed E-state index contributed by atoms with van der Waals surface area (Å²) in [6.07, 6.45) is 20.5. The third kappa shape index (κ3) is 22.9. The molecule has 2 unspecified atom stereocenters. The Kier molecular flexibility index (Phi) is 24.3. The molecule has 0 aromatic heterocycles. The van der Waals surface area contributed by atoms with Crippen LogP contribution in [0.4, 0.5) is 0 Å². The first-order valence-corrected chi connectivity index (χ1v) is 15.7. The van der Waals surface area contributed by atoms with Crippen molar-refractivity contribution < 1.29 is 39.2 Å². The van der Waals surface area contributed by atoms with Gasteiger partial charge in [0.1, 0.15) is 6.61 Å². The van der Waals surface area contributed by atoms with Crippen LogP contribution in [0.25, 0.3) is 0 Å². The maximum absolute atomic E-state index is 12.2. The molecule has 0 bridgehead atoms. The minimum Gasteiger partial charge on any atom is -0.480 e. The predicted molar refractivity (Wildman–Crippen MR) is 163 cm³/mol.